The van der Waals surface area contributed by atoms with Crippen molar-refractivity contribution >= 4 is 18.2 Å². The normalized spacial score (nSPS) is 14.0. The van der Waals surface area contributed by atoms with Gasteiger partial charge in [0.1, 0.15) is 5.69 Å². The largest absolute Gasteiger partial charge is 0.492 e. The summed E-state index contributed by atoms with van der Waals surface area (Å²) < 4.78 is 5.31. The van der Waals surface area contributed by atoms with Crippen LogP contribution in [0.4, 0.5) is 5.95 Å². The van der Waals surface area contributed by atoms with Crippen molar-refractivity contribution in [2.45, 2.75) is 6.04 Å². The first kappa shape index (κ1) is 17.0. The van der Waals surface area contributed by atoms with E-state index in [0.717, 1.165) is 21.7 Å². The van der Waals surface area contributed by atoms with Crippen LogP contribution in [0.3, 0.4) is 0 Å². The Balaban J connectivity index is 1.60. The number of nitrogens with zero attached hydrogens (tertiary/aromatic N) is 3. The summed E-state index contributed by atoms with van der Waals surface area (Å²) in [7, 11) is 1.65. The van der Waals surface area contributed by atoms with Gasteiger partial charge in [-0.15, -0.1) is 0 Å². The van der Waals surface area contributed by atoms with Crippen molar-refractivity contribution in [2.75, 3.05) is 19.0 Å². The van der Waals surface area contributed by atoms with Gasteiger partial charge in [0.05, 0.1) is 24.2 Å². The van der Waals surface area contributed by atoms with Gasteiger partial charge < -0.3 is 20.1 Å². The van der Waals surface area contributed by atoms with Crippen molar-refractivity contribution in [2.24, 2.45) is 10.2 Å². The molecule has 0 radical (unpaired) electrons. The van der Waals surface area contributed by atoms with Gasteiger partial charge in [-0.2, -0.15) is 15.2 Å². The number of benzene rings is 2. The summed E-state index contributed by atoms with van der Waals surface area (Å²) in [6.07, 6.45) is 3.54. The van der Waals surface area contributed by atoms with Gasteiger partial charge in [-0.3, -0.25) is 0 Å². The van der Waals surface area contributed by atoms with E-state index in [2.05, 4.69) is 25.5 Å². The quantitative estimate of drug-likeness (QED) is 0.623. The molecule has 0 aliphatic carbocycles. The summed E-state index contributed by atoms with van der Waals surface area (Å²) >= 11 is 0. The zero-order chi connectivity index (χ0) is 18.6. The van der Waals surface area contributed by atoms with Crippen LogP contribution in [0, 0.1) is 0 Å². The summed E-state index contributed by atoms with van der Waals surface area (Å²) in [5.74, 6) is 0.406. The maximum Gasteiger partial charge on any atom is 0.238 e. The summed E-state index contributed by atoms with van der Waals surface area (Å²) in [6.45, 7) is 0.470. The van der Waals surface area contributed by atoms with E-state index in [1.54, 1.807) is 13.3 Å². The molecule has 1 aliphatic rings. The Morgan fingerprint density at radius 3 is 2.89 bits per heavy atom. The molecule has 2 heterocycles. The molecule has 0 bridgehead atoms. The Labute approximate surface area is 155 Å². The number of aromatic amines is 1. The predicted octanol–water partition coefficient (Wildman–Crippen LogP) is 1.71. The van der Waals surface area contributed by atoms with Crippen molar-refractivity contribution in [3.63, 3.8) is 0 Å². The van der Waals surface area contributed by atoms with Crippen molar-refractivity contribution < 1.29 is 9.84 Å². The first-order valence-corrected chi connectivity index (χ1v) is 8.55. The lowest BCUT2D eigenvalue weighted by atomic mass is 10.1. The number of aromatic nitrogens is 2. The third-order valence-electron chi connectivity index (χ3n) is 4.28. The number of fused-ring (bicyclic) bond motifs is 1. The molecule has 0 fully saturated rings. The van der Waals surface area contributed by atoms with E-state index < -0.39 is 0 Å². The lowest BCUT2D eigenvalue weighted by Gasteiger charge is -2.17. The number of nitrogens with one attached hydrogen (secondary N) is 2. The second-order valence-electron chi connectivity index (χ2n) is 6.19. The van der Waals surface area contributed by atoms with Gasteiger partial charge >= 0.3 is 0 Å². The summed E-state index contributed by atoms with van der Waals surface area (Å²) in [4.78, 5) is 7.30. The van der Waals surface area contributed by atoms with Gasteiger partial charge in [0.25, 0.3) is 0 Å². The fraction of sp³-hybridized carbons (Fsp3) is 0.150. The van der Waals surface area contributed by atoms with Crippen LogP contribution in [-0.2, 0) is 4.74 Å². The van der Waals surface area contributed by atoms with Crippen molar-refractivity contribution in [1.29, 1.82) is 0 Å². The number of hydrogen-bond donors (Lipinski definition) is 3. The predicted molar refractivity (Wildman–Crippen MR) is 103 cm³/mol. The van der Waals surface area contributed by atoms with E-state index in [-0.39, 0.29) is 11.9 Å². The number of methoxy groups -OCH3 is 1. The lowest BCUT2D eigenvalue weighted by molar-refractivity contribution is 0.186. The van der Waals surface area contributed by atoms with E-state index in [4.69, 9.17) is 4.74 Å². The van der Waals surface area contributed by atoms with E-state index >= 15 is 0 Å². The van der Waals surface area contributed by atoms with Crippen LogP contribution in [0.25, 0.3) is 6.08 Å². The van der Waals surface area contributed by atoms with E-state index in [0.29, 0.717) is 18.2 Å². The van der Waals surface area contributed by atoms with Gasteiger partial charge in [-0.05, 0) is 29.0 Å². The van der Waals surface area contributed by atoms with Gasteiger partial charge in [0.15, 0.2) is 0 Å². The summed E-state index contributed by atoms with van der Waals surface area (Å²) in [5, 5.41) is 23.2. The Kier molecular flexibility index (Phi) is 4.67. The molecule has 27 heavy (non-hydrogen) atoms. The number of imidazole rings is 1. The molecule has 7 heteroatoms. The lowest BCUT2D eigenvalue weighted by Crippen LogP contribution is -2.17. The number of H-pyrrole nitrogens is 1. The fourth-order valence-corrected chi connectivity index (χ4v) is 2.96. The second-order valence-corrected chi connectivity index (χ2v) is 6.19. The van der Waals surface area contributed by atoms with Crippen LogP contribution < -0.4 is 15.9 Å². The Morgan fingerprint density at radius 1 is 1.22 bits per heavy atom. The molecule has 136 valence electrons. The molecular weight excluding hydrogens is 342 g/mol. The number of rotatable bonds is 6. The first-order valence-electron chi connectivity index (χ1n) is 8.55. The van der Waals surface area contributed by atoms with Crippen LogP contribution in [0.15, 0.2) is 58.7 Å². The molecule has 1 atom stereocenters. The second kappa shape index (κ2) is 7.43. The molecular formula is C20H19N5O2. The molecule has 7 nitrogen and oxygen atoms in total. The van der Waals surface area contributed by atoms with Crippen LogP contribution >= 0.6 is 0 Å². The minimum absolute atomic E-state index is 0.0689. The van der Waals surface area contributed by atoms with E-state index in [1.165, 1.54) is 0 Å². The summed E-state index contributed by atoms with van der Waals surface area (Å²) in [6, 6.07) is 15.6. The topological polar surface area (TPSA) is 94.9 Å². The van der Waals surface area contributed by atoms with Crippen molar-refractivity contribution in [3.8, 4) is 5.88 Å². The number of hydrogen-bond acceptors (Lipinski definition) is 6. The van der Waals surface area contributed by atoms with E-state index in [9.17, 15) is 5.11 Å². The monoisotopic (exact) mass is 361 g/mol. The van der Waals surface area contributed by atoms with Gasteiger partial charge in [0.2, 0.25) is 11.8 Å². The van der Waals surface area contributed by atoms with Crippen LogP contribution in [0.2, 0.25) is 0 Å². The Morgan fingerprint density at radius 2 is 2.07 bits per heavy atom. The molecule has 0 amide bonds. The van der Waals surface area contributed by atoms with Crippen molar-refractivity contribution in [1.82, 2.24) is 9.97 Å². The highest BCUT2D eigenvalue weighted by Crippen LogP contribution is 2.22. The number of ether oxygens (including phenoxy) is 1. The zero-order valence-electron chi connectivity index (χ0n) is 14.8. The molecule has 3 aromatic rings. The maximum absolute atomic E-state index is 10.2. The standard InChI is InChI=1S/C20H19N5O2/c1-27-12-18(14-5-3-2-4-6-14)23-20-22-17(19(26)24-20)10-13-7-8-16-15(9-13)11-21-25-16/h2-11,18,26H,12H2,1H3,(H2,22,23,24). The molecule has 4 rings (SSSR count). The van der Waals surface area contributed by atoms with Gasteiger partial charge in [-0.1, -0.05) is 36.4 Å². The third-order valence-corrected chi connectivity index (χ3v) is 4.28. The smallest absolute Gasteiger partial charge is 0.238 e. The molecule has 3 N–H and O–H groups in total. The molecule has 0 spiro atoms. The molecule has 1 aromatic heterocycles. The molecule has 1 unspecified atom stereocenters. The van der Waals surface area contributed by atoms with Crippen molar-refractivity contribution in [3.05, 3.63) is 75.9 Å². The SMILES string of the molecule is COCC(Nc1nc(O)c(C=c2ccc3c(c2)C=NN=3)[nH]1)c1ccccc1. The Hall–Kier alpha value is -3.45. The minimum Gasteiger partial charge on any atom is -0.492 e. The third kappa shape index (κ3) is 3.73. The zero-order valence-corrected chi connectivity index (χ0v) is 14.8. The first-order chi connectivity index (χ1) is 13.2. The average molecular weight is 361 g/mol. The average Bonchev–Trinajstić information content (AvgIpc) is 3.28. The molecule has 2 aromatic carbocycles. The molecule has 0 saturated carbocycles. The van der Waals surface area contributed by atoms with Gasteiger partial charge in [0, 0.05) is 12.7 Å². The van der Waals surface area contributed by atoms with E-state index in [1.807, 2.05) is 54.6 Å². The number of aromatic hydroxyl groups is 1. The van der Waals surface area contributed by atoms with Crippen LogP contribution in [-0.4, -0.2) is 35.0 Å². The Bertz CT molecular complexity index is 1090. The molecule has 0 saturated heterocycles. The van der Waals surface area contributed by atoms with Crippen LogP contribution in [0.5, 0.6) is 5.88 Å². The minimum atomic E-state index is -0.0904. The highest BCUT2D eigenvalue weighted by Gasteiger charge is 2.14. The maximum atomic E-state index is 10.2. The number of anilines is 1. The summed E-state index contributed by atoms with van der Waals surface area (Å²) in [5.41, 5.74) is 2.54. The highest BCUT2D eigenvalue weighted by molar-refractivity contribution is 5.80. The molecule has 1 aliphatic heterocycles. The van der Waals surface area contributed by atoms with Gasteiger partial charge in [-0.25, -0.2) is 0 Å². The fourth-order valence-electron chi connectivity index (χ4n) is 2.96. The van der Waals surface area contributed by atoms with Crippen LogP contribution in [0.1, 0.15) is 22.9 Å². The highest BCUT2D eigenvalue weighted by atomic mass is 16.5.